The van der Waals surface area contributed by atoms with Gasteiger partial charge in [0.2, 0.25) is 5.91 Å². The van der Waals surface area contributed by atoms with Crippen molar-refractivity contribution >= 4 is 52.1 Å². The van der Waals surface area contributed by atoms with Crippen molar-refractivity contribution < 1.29 is 24.2 Å². The lowest BCUT2D eigenvalue weighted by Crippen LogP contribution is -2.42. The summed E-state index contributed by atoms with van der Waals surface area (Å²) in [5, 5.41) is 9.66. The van der Waals surface area contributed by atoms with Crippen LogP contribution >= 0.6 is 24.0 Å². The second-order valence-corrected chi connectivity index (χ2v) is 8.41. The van der Waals surface area contributed by atoms with Gasteiger partial charge in [0.15, 0.2) is 0 Å². The fraction of sp³-hybridized carbons (Fsp3) is 0.182. The summed E-state index contributed by atoms with van der Waals surface area (Å²) >= 11 is 6.52. The number of hydrogen-bond donors (Lipinski definition) is 3. The smallest absolute Gasteiger partial charge is 0.273 e. The number of nitrogens with zero attached hydrogens (tertiary/aromatic N) is 1. The van der Waals surface area contributed by atoms with E-state index in [0.717, 1.165) is 11.3 Å². The highest BCUT2D eigenvalue weighted by Gasteiger charge is 2.31. The lowest BCUT2D eigenvalue weighted by Gasteiger charge is -2.14. The molecule has 166 valence electrons. The van der Waals surface area contributed by atoms with Crippen LogP contribution in [0.5, 0.6) is 11.5 Å². The van der Waals surface area contributed by atoms with Crippen molar-refractivity contribution in [2.45, 2.75) is 12.8 Å². The monoisotopic (exact) mass is 471 g/mol. The number of hydrazine groups is 1. The summed E-state index contributed by atoms with van der Waals surface area (Å²) in [6, 6.07) is 13.3. The van der Waals surface area contributed by atoms with E-state index in [-0.39, 0.29) is 30.2 Å². The van der Waals surface area contributed by atoms with Crippen LogP contribution in [0, 0.1) is 0 Å². The van der Waals surface area contributed by atoms with Gasteiger partial charge in [-0.15, -0.1) is 0 Å². The number of thiocarbonyl (C=S) groups is 1. The molecule has 10 heteroatoms. The van der Waals surface area contributed by atoms with Gasteiger partial charge in [-0.25, -0.2) is 0 Å². The van der Waals surface area contributed by atoms with Crippen molar-refractivity contribution in [1.29, 1.82) is 0 Å². The summed E-state index contributed by atoms with van der Waals surface area (Å²) in [4.78, 5) is 38.6. The Morgan fingerprint density at radius 2 is 1.88 bits per heavy atom. The number of nitrogens with one attached hydrogen (secondary N) is 2. The molecule has 1 aliphatic heterocycles. The maximum atomic E-state index is 12.7. The topological polar surface area (TPSA) is 108 Å². The van der Waals surface area contributed by atoms with E-state index in [1.54, 1.807) is 25.3 Å². The molecule has 0 saturated carbocycles. The third-order valence-corrected chi connectivity index (χ3v) is 5.91. The zero-order valence-electron chi connectivity index (χ0n) is 17.2. The summed E-state index contributed by atoms with van der Waals surface area (Å²) in [5.41, 5.74) is 5.45. The van der Waals surface area contributed by atoms with Crippen LogP contribution in [-0.2, 0) is 9.59 Å². The Bertz CT molecular complexity index is 1070. The van der Waals surface area contributed by atoms with Crippen LogP contribution in [0.3, 0.4) is 0 Å². The molecule has 1 fully saturated rings. The van der Waals surface area contributed by atoms with Gasteiger partial charge in [0.25, 0.3) is 11.8 Å². The van der Waals surface area contributed by atoms with Crippen LogP contribution in [-0.4, -0.2) is 45.7 Å². The first kappa shape index (κ1) is 23.3. The molecule has 2 aromatic rings. The van der Waals surface area contributed by atoms with E-state index >= 15 is 0 Å². The van der Waals surface area contributed by atoms with E-state index in [0.29, 0.717) is 15.6 Å². The van der Waals surface area contributed by atoms with E-state index in [1.165, 1.54) is 28.8 Å². The highest BCUT2D eigenvalue weighted by atomic mass is 32.2. The number of thioether (sulfide) groups is 1. The van der Waals surface area contributed by atoms with Crippen LogP contribution < -0.4 is 15.6 Å². The Morgan fingerprint density at radius 3 is 2.56 bits per heavy atom. The zero-order valence-corrected chi connectivity index (χ0v) is 18.8. The van der Waals surface area contributed by atoms with Crippen LogP contribution in [0.2, 0.25) is 0 Å². The third-order valence-electron chi connectivity index (χ3n) is 4.54. The second kappa shape index (κ2) is 10.8. The Morgan fingerprint density at radius 1 is 1.16 bits per heavy atom. The molecule has 0 aromatic heterocycles. The SMILES string of the molecule is COc1ccc(/C=C2/SC(=S)N(CCCC(=O)NNC(=O)c3ccccc3O)C2=O)cc1. The van der Waals surface area contributed by atoms with Crippen molar-refractivity contribution in [2.24, 2.45) is 0 Å². The number of phenols is 1. The van der Waals surface area contributed by atoms with Crippen LogP contribution in [0.1, 0.15) is 28.8 Å². The normalized spacial score (nSPS) is 14.5. The minimum atomic E-state index is -0.628. The Labute approximate surface area is 194 Å². The fourth-order valence-electron chi connectivity index (χ4n) is 2.86. The molecule has 0 spiro atoms. The fourth-order valence-corrected chi connectivity index (χ4v) is 4.17. The number of carbonyl (C=O) groups is 3. The molecule has 3 rings (SSSR count). The first-order chi connectivity index (χ1) is 15.4. The molecular formula is C22H21N3O5S2. The molecule has 1 aliphatic rings. The summed E-state index contributed by atoms with van der Waals surface area (Å²) in [6.45, 7) is 0.283. The summed E-state index contributed by atoms with van der Waals surface area (Å²) in [6.07, 6.45) is 2.20. The molecule has 3 N–H and O–H groups in total. The van der Waals surface area contributed by atoms with Gasteiger partial charge < -0.3 is 9.84 Å². The third kappa shape index (κ3) is 5.86. The van der Waals surface area contributed by atoms with Gasteiger partial charge in [0, 0.05) is 13.0 Å². The molecule has 32 heavy (non-hydrogen) atoms. The van der Waals surface area contributed by atoms with Gasteiger partial charge in [-0.2, -0.15) is 0 Å². The molecule has 0 unspecified atom stereocenters. The van der Waals surface area contributed by atoms with E-state index < -0.39 is 11.8 Å². The number of hydrogen-bond acceptors (Lipinski definition) is 7. The maximum Gasteiger partial charge on any atom is 0.273 e. The average molecular weight is 472 g/mol. The Hall–Kier alpha value is -3.37. The molecule has 1 saturated heterocycles. The zero-order chi connectivity index (χ0) is 23.1. The van der Waals surface area contributed by atoms with Crippen molar-refractivity contribution in [3.63, 3.8) is 0 Å². The number of phenolic OH excluding ortho intramolecular Hbond substituents is 1. The summed E-state index contributed by atoms with van der Waals surface area (Å²) in [5.74, 6) is -0.713. The summed E-state index contributed by atoms with van der Waals surface area (Å²) in [7, 11) is 1.59. The van der Waals surface area contributed by atoms with E-state index in [4.69, 9.17) is 17.0 Å². The number of carbonyl (C=O) groups excluding carboxylic acids is 3. The predicted molar refractivity (Wildman–Crippen MR) is 126 cm³/mol. The van der Waals surface area contributed by atoms with Gasteiger partial charge in [0.1, 0.15) is 15.8 Å². The Balaban J connectivity index is 1.47. The molecule has 0 bridgehead atoms. The van der Waals surface area contributed by atoms with E-state index in [2.05, 4.69) is 10.9 Å². The van der Waals surface area contributed by atoms with Crippen molar-refractivity contribution in [1.82, 2.24) is 15.8 Å². The van der Waals surface area contributed by atoms with Gasteiger partial charge in [0.05, 0.1) is 17.6 Å². The Kier molecular flexibility index (Phi) is 7.85. The molecule has 8 nitrogen and oxygen atoms in total. The summed E-state index contributed by atoms with van der Waals surface area (Å²) < 4.78 is 5.56. The first-order valence-electron chi connectivity index (χ1n) is 9.65. The molecular weight excluding hydrogens is 450 g/mol. The van der Waals surface area contributed by atoms with Crippen LogP contribution in [0.15, 0.2) is 53.4 Å². The van der Waals surface area contributed by atoms with Gasteiger partial charge >= 0.3 is 0 Å². The van der Waals surface area contributed by atoms with E-state index in [1.807, 2.05) is 24.3 Å². The first-order valence-corrected chi connectivity index (χ1v) is 10.9. The number of para-hydroxylation sites is 1. The molecule has 3 amide bonds. The number of amides is 3. The van der Waals surface area contributed by atoms with Gasteiger partial charge in [-0.3, -0.25) is 30.1 Å². The average Bonchev–Trinajstić information content (AvgIpc) is 3.05. The molecule has 2 aromatic carbocycles. The van der Waals surface area contributed by atoms with Crippen LogP contribution in [0.4, 0.5) is 0 Å². The standard InChI is InChI=1S/C22H21N3O5S2/c1-30-15-10-8-14(9-11-15)13-18-21(29)25(22(31)32-18)12-4-7-19(27)23-24-20(28)16-5-2-3-6-17(16)26/h2-3,5-6,8-11,13,26H,4,7,12H2,1H3,(H,23,27)(H,24,28)/b18-13+. The number of methoxy groups -OCH3 is 1. The van der Waals surface area contributed by atoms with Crippen molar-refractivity contribution in [3.05, 3.63) is 64.6 Å². The number of benzene rings is 2. The minimum absolute atomic E-state index is 0.0500. The number of ether oxygens (including phenoxy) is 1. The lowest BCUT2D eigenvalue weighted by atomic mass is 10.2. The minimum Gasteiger partial charge on any atom is -0.507 e. The predicted octanol–water partition coefficient (Wildman–Crippen LogP) is 2.84. The maximum absolute atomic E-state index is 12.7. The van der Waals surface area contributed by atoms with Gasteiger partial charge in [-0.1, -0.05) is 48.2 Å². The number of rotatable bonds is 7. The largest absolute Gasteiger partial charge is 0.507 e. The lowest BCUT2D eigenvalue weighted by molar-refractivity contribution is -0.124. The molecule has 0 atom stereocenters. The highest BCUT2D eigenvalue weighted by molar-refractivity contribution is 8.26. The van der Waals surface area contributed by atoms with Crippen molar-refractivity contribution in [3.8, 4) is 11.5 Å². The molecule has 0 aliphatic carbocycles. The highest BCUT2D eigenvalue weighted by Crippen LogP contribution is 2.32. The van der Waals surface area contributed by atoms with Crippen LogP contribution in [0.25, 0.3) is 6.08 Å². The second-order valence-electron chi connectivity index (χ2n) is 6.73. The van der Waals surface area contributed by atoms with Crippen molar-refractivity contribution in [2.75, 3.05) is 13.7 Å². The molecule has 1 heterocycles. The van der Waals surface area contributed by atoms with E-state index in [9.17, 15) is 19.5 Å². The number of aromatic hydroxyl groups is 1. The quantitative estimate of drug-likeness (QED) is 0.324. The molecule has 0 radical (unpaired) electrons. The van der Waals surface area contributed by atoms with Gasteiger partial charge in [-0.05, 0) is 42.3 Å².